The van der Waals surface area contributed by atoms with Gasteiger partial charge in [0, 0.05) is 29.4 Å². The van der Waals surface area contributed by atoms with Crippen LogP contribution in [0.15, 0.2) is 56.9 Å². The molecule has 5 nitrogen and oxygen atoms in total. The van der Waals surface area contributed by atoms with Crippen LogP contribution in [0.5, 0.6) is 0 Å². The molecule has 33 heavy (non-hydrogen) atoms. The number of fused-ring (bicyclic) bond motifs is 4. The molecule has 0 saturated carbocycles. The van der Waals surface area contributed by atoms with E-state index in [0.29, 0.717) is 4.47 Å². The minimum absolute atomic E-state index is 0.203. The number of hydrogen-bond acceptors (Lipinski definition) is 4. The summed E-state index contributed by atoms with van der Waals surface area (Å²) in [5, 5.41) is 0. The highest BCUT2D eigenvalue weighted by Crippen LogP contribution is 2.71. The molecule has 5 aliphatic heterocycles. The standard InChI is InChI=1S/C20H14BrF6NO4S/c21-9-1-3-10(4-2-9)33(29,30)28-7-17-6-5-11(31-17)12-14-13(19(22,23)24)16(20(25,26)27)18(8-28,32-14)15(12)17/h1-6,11-12,14-15H,7-8H2/t11-,12+,14-,15-,17-,18+/m1/s1. The van der Waals surface area contributed by atoms with Crippen LogP contribution in [0.4, 0.5) is 26.3 Å². The van der Waals surface area contributed by atoms with Crippen LogP contribution in [-0.4, -0.2) is 61.6 Å². The summed E-state index contributed by atoms with van der Waals surface area (Å²) < 4.78 is 124. The Labute approximate surface area is 192 Å². The summed E-state index contributed by atoms with van der Waals surface area (Å²) in [6, 6.07) is 5.43. The Hall–Kier alpha value is -1.41. The number of alkyl halides is 6. The van der Waals surface area contributed by atoms with Crippen molar-refractivity contribution in [2.75, 3.05) is 13.1 Å². The number of ether oxygens (including phenoxy) is 2. The number of halogens is 7. The monoisotopic (exact) mass is 557 g/mol. The molecule has 0 aromatic heterocycles. The lowest BCUT2D eigenvalue weighted by atomic mass is 9.59. The Morgan fingerprint density at radius 3 is 2.27 bits per heavy atom. The molecule has 6 rings (SSSR count). The van der Waals surface area contributed by atoms with Gasteiger partial charge in [-0.15, -0.1) is 0 Å². The van der Waals surface area contributed by atoms with E-state index in [-0.39, 0.29) is 11.4 Å². The molecule has 0 N–H and O–H groups in total. The lowest BCUT2D eigenvalue weighted by Gasteiger charge is -2.51. The second-order valence-electron chi connectivity index (χ2n) is 8.89. The second kappa shape index (κ2) is 6.23. The van der Waals surface area contributed by atoms with E-state index in [1.165, 1.54) is 36.4 Å². The van der Waals surface area contributed by atoms with Crippen molar-refractivity contribution in [1.29, 1.82) is 0 Å². The number of hydrogen-bond donors (Lipinski definition) is 0. The van der Waals surface area contributed by atoms with Crippen LogP contribution in [0.1, 0.15) is 0 Å². The molecule has 3 fully saturated rings. The molecular formula is C20H14BrF6NO4S. The smallest absolute Gasteiger partial charge is 0.361 e. The zero-order chi connectivity index (χ0) is 23.8. The van der Waals surface area contributed by atoms with Gasteiger partial charge in [0.05, 0.1) is 28.2 Å². The minimum Gasteiger partial charge on any atom is -0.361 e. The van der Waals surface area contributed by atoms with E-state index in [9.17, 15) is 34.8 Å². The molecule has 1 aromatic carbocycles. The van der Waals surface area contributed by atoms with Gasteiger partial charge in [0.15, 0.2) is 0 Å². The van der Waals surface area contributed by atoms with E-state index in [1.807, 2.05) is 0 Å². The van der Waals surface area contributed by atoms with Gasteiger partial charge in [-0.1, -0.05) is 28.1 Å². The fourth-order valence-corrected chi connectivity index (χ4v) is 8.15. The first-order valence-corrected chi connectivity index (χ1v) is 12.1. The fraction of sp³-hybridized carbons (Fsp3) is 0.500. The predicted octanol–water partition coefficient (Wildman–Crippen LogP) is 3.97. The molecule has 5 heterocycles. The van der Waals surface area contributed by atoms with E-state index in [0.717, 1.165) is 4.31 Å². The first-order valence-electron chi connectivity index (χ1n) is 9.90. The quantitative estimate of drug-likeness (QED) is 0.408. The first-order chi connectivity index (χ1) is 15.2. The van der Waals surface area contributed by atoms with Gasteiger partial charge in [-0.2, -0.15) is 30.6 Å². The Morgan fingerprint density at radius 2 is 1.67 bits per heavy atom. The van der Waals surface area contributed by atoms with E-state index in [2.05, 4.69) is 15.9 Å². The third kappa shape index (κ3) is 2.68. The summed E-state index contributed by atoms with van der Waals surface area (Å²) in [7, 11) is -4.38. The fourth-order valence-electron chi connectivity index (χ4n) is 6.37. The minimum atomic E-state index is -5.37. The van der Waals surface area contributed by atoms with Gasteiger partial charge < -0.3 is 9.47 Å². The topological polar surface area (TPSA) is 55.8 Å². The highest BCUT2D eigenvalue weighted by molar-refractivity contribution is 9.10. The largest absolute Gasteiger partial charge is 0.415 e. The molecule has 0 radical (unpaired) electrons. The van der Waals surface area contributed by atoms with Crippen molar-refractivity contribution in [1.82, 2.24) is 4.31 Å². The average Bonchev–Trinajstić information content (AvgIpc) is 3.42. The van der Waals surface area contributed by atoms with Crippen molar-refractivity contribution in [3.05, 3.63) is 52.0 Å². The van der Waals surface area contributed by atoms with Crippen LogP contribution in [-0.2, 0) is 19.5 Å². The summed E-state index contributed by atoms with van der Waals surface area (Å²) >= 11 is 3.18. The molecule has 0 unspecified atom stereocenters. The molecule has 3 saturated heterocycles. The van der Waals surface area contributed by atoms with E-state index in [4.69, 9.17) is 9.47 Å². The number of nitrogens with zero attached hydrogens (tertiary/aromatic N) is 1. The lowest BCUT2D eigenvalue weighted by Crippen LogP contribution is -2.67. The van der Waals surface area contributed by atoms with Crippen molar-refractivity contribution in [2.45, 2.75) is 40.7 Å². The zero-order valence-electron chi connectivity index (χ0n) is 16.3. The Balaban J connectivity index is 1.56. The Morgan fingerprint density at radius 1 is 1.00 bits per heavy atom. The maximum Gasteiger partial charge on any atom is 0.415 e. The normalized spacial score (nSPS) is 39.6. The molecule has 0 amide bonds. The van der Waals surface area contributed by atoms with Crippen molar-refractivity contribution in [3.63, 3.8) is 0 Å². The number of piperidine rings is 1. The third-order valence-corrected chi connectivity index (χ3v) is 9.59. The van der Waals surface area contributed by atoms with E-state index in [1.54, 1.807) is 0 Å². The lowest BCUT2D eigenvalue weighted by molar-refractivity contribution is -0.156. The van der Waals surface area contributed by atoms with Gasteiger partial charge in [0.25, 0.3) is 0 Å². The highest BCUT2D eigenvalue weighted by atomic mass is 79.9. The Kier molecular flexibility index (Phi) is 4.17. The van der Waals surface area contributed by atoms with Crippen molar-refractivity contribution in [3.8, 4) is 0 Å². The molecule has 6 atom stereocenters. The van der Waals surface area contributed by atoms with E-state index >= 15 is 0 Å². The number of sulfonamides is 1. The van der Waals surface area contributed by atoms with Crippen LogP contribution < -0.4 is 0 Å². The molecule has 4 bridgehead atoms. The van der Waals surface area contributed by atoms with Gasteiger partial charge in [0.2, 0.25) is 10.0 Å². The molecule has 5 aliphatic rings. The second-order valence-corrected chi connectivity index (χ2v) is 11.7. The van der Waals surface area contributed by atoms with Crippen LogP contribution in [0, 0.1) is 11.8 Å². The first kappa shape index (κ1) is 22.1. The SMILES string of the molecule is O=S(=O)(c1ccc(Br)cc1)N1C[C@@]23C=C[C@@H](O2)[C@@H]2[C@H]3[C@]3(C1)O[C@H]2C(C(F)(F)F)=C3C(F)(F)F. The van der Waals surface area contributed by atoms with Gasteiger partial charge in [-0.25, -0.2) is 8.42 Å². The summed E-state index contributed by atoms with van der Waals surface area (Å²) in [5.74, 6) is -2.06. The maximum atomic E-state index is 14.2. The van der Waals surface area contributed by atoms with Gasteiger partial charge in [-0.3, -0.25) is 0 Å². The Bertz CT molecular complexity index is 1230. The van der Waals surface area contributed by atoms with Crippen molar-refractivity contribution >= 4 is 26.0 Å². The molecular weight excluding hydrogens is 544 g/mol. The molecule has 0 aliphatic carbocycles. The number of benzene rings is 1. The third-order valence-electron chi connectivity index (χ3n) is 7.26. The summed E-state index contributed by atoms with van der Waals surface area (Å²) in [6.07, 6.45) is -10.5. The van der Waals surface area contributed by atoms with Crippen LogP contribution in [0.25, 0.3) is 0 Å². The van der Waals surface area contributed by atoms with Gasteiger partial charge in [0.1, 0.15) is 11.2 Å². The average molecular weight is 558 g/mol. The highest BCUT2D eigenvalue weighted by Gasteiger charge is 2.82. The van der Waals surface area contributed by atoms with E-state index < -0.39 is 75.3 Å². The molecule has 178 valence electrons. The number of rotatable bonds is 2. The molecule has 13 heteroatoms. The molecule has 2 spiro atoms. The van der Waals surface area contributed by atoms with Crippen LogP contribution in [0.2, 0.25) is 0 Å². The zero-order valence-corrected chi connectivity index (χ0v) is 18.7. The maximum absolute atomic E-state index is 14.2. The van der Waals surface area contributed by atoms with Crippen LogP contribution >= 0.6 is 15.9 Å². The predicted molar refractivity (Wildman–Crippen MR) is 103 cm³/mol. The van der Waals surface area contributed by atoms with Gasteiger partial charge in [-0.05, 0) is 24.3 Å². The summed E-state index contributed by atoms with van der Waals surface area (Å²) in [4.78, 5) is -0.203. The van der Waals surface area contributed by atoms with Crippen molar-refractivity contribution in [2.24, 2.45) is 11.8 Å². The summed E-state index contributed by atoms with van der Waals surface area (Å²) in [5.41, 5.74) is -7.64. The van der Waals surface area contributed by atoms with Crippen LogP contribution in [0.3, 0.4) is 0 Å². The summed E-state index contributed by atoms with van der Waals surface area (Å²) in [6.45, 7) is -1.20. The molecule has 1 aromatic rings. The van der Waals surface area contributed by atoms with Crippen molar-refractivity contribution < 1.29 is 44.2 Å². The van der Waals surface area contributed by atoms with Gasteiger partial charge >= 0.3 is 12.4 Å².